The summed E-state index contributed by atoms with van der Waals surface area (Å²) in [6, 6.07) is 0. The van der Waals surface area contributed by atoms with Crippen molar-refractivity contribution in [2.75, 3.05) is 0 Å². The lowest BCUT2D eigenvalue weighted by molar-refractivity contribution is -0.137. The van der Waals surface area contributed by atoms with E-state index in [2.05, 4.69) is 20.8 Å². The molecule has 0 aliphatic heterocycles. The van der Waals surface area contributed by atoms with Crippen molar-refractivity contribution in [1.82, 2.24) is 0 Å². The summed E-state index contributed by atoms with van der Waals surface area (Å²) in [4.78, 5) is 10.3. The van der Waals surface area contributed by atoms with Crippen molar-refractivity contribution in [2.45, 2.75) is 97.8 Å². The monoisotopic (exact) mass is 284 g/mol. The van der Waals surface area contributed by atoms with Gasteiger partial charge in [-0.15, -0.1) is 0 Å². The topological polar surface area (TPSA) is 37.3 Å². The number of carbonyl (C=O) groups is 1. The van der Waals surface area contributed by atoms with Crippen LogP contribution in [-0.2, 0) is 4.79 Å². The molecule has 0 aliphatic rings. The average molecular weight is 284 g/mol. The second-order valence-corrected chi connectivity index (χ2v) is 6.48. The zero-order chi connectivity index (χ0) is 15.2. The molecule has 0 radical (unpaired) electrons. The summed E-state index contributed by atoms with van der Waals surface area (Å²) in [5.41, 5.74) is 0. The Labute approximate surface area is 126 Å². The molecule has 0 bridgehead atoms. The predicted octanol–water partition coefficient (Wildman–Crippen LogP) is 6.04. The summed E-state index contributed by atoms with van der Waals surface area (Å²) in [5, 5.41) is 8.53. The Hall–Kier alpha value is -0.530. The second kappa shape index (κ2) is 13.5. The lowest BCUT2D eigenvalue weighted by Gasteiger charge is -2.17. The molecule has 0 saturated heterocycles. The third-order valence-electron chi connectivity index (χ3n) is 4.67. The van der Waals surface area contributed by atoms with Crippen LogP contribution in [0.4, 0.5) is 0 Å². The van der Waals surface area contributed by atoms with Gasteiger partial charge in [0.2, 0.25) is 0 Å². The molecule has 20 heavy (non-hydrogen) atoms. The van der Waals surface area contributed by atoms with Crippen LogP contribution in [0, 0.1) is 11.8 Å². The molecular weight excluding hydrogens is 248 g/mol. The van der Waals surface area contributed by atoms with E-state index in [0.717, 1.165) is 24.7 Å². The summed E-state index contributed by atoms with van der Waals surface area (Å²) in [6.07, 6.45) is 14.3. The number of carboxylic acids is 1. The van der Waals surface area contributed by atoms with Crippen molar-refractivity contribution in [3.63, 3.8) is 0 Å². The Kier molecular flexibility index (Phi) is 13.1. The number of rotatable bonds is 14. The molecular formula is C18H36O2. The van der Waals surface area contributed by atoms with Gasteiger partial charge in [0.1, 0.15) is 0 Å². The van der Waals surface area contributed by atoms with Crippen LogP contribution in [0.2, 0.25) is 0 Å². The van der Waals surface area contributed by atoms with Crippen LogP contribution in [0.5, 0.6) is 0 Å². The van der Waals surface area contributed by atoms with E-state index < -0.39 is 5.97 Å². The highest BCUT2D eigenvalue weighted by atomic mass is 16.4. The fourth-order valence-electron chi connectivity index (χ4n) is 2.67. The molecule has 2 unspecified atom stereocenters. The van der Waals surface area contributed by atoms with Crippen molar-refractivity contribution >= 4 is 5.97 Å². The fraction of sp³-hybridized carbons (Fsp3) is 0.944. The first kappa shape index (κ1) is 19.5. The summed E-state index contributed by atoms with van der Waals surface area (Å²) in [6.45, 7) is 7.05. The Bertz CT molecular complexity index is 225. The summed E-state index contributed by atoms with van der Waals surface area (Å²) >= 11 is 0. The van der Waals surface area contributed by atoms with Gasteiger partial charge in [0, 0.05) is 6.42 Å². The SMILES string of the molecule is CCC(C)C(C)CCCCCCCCCCCC(=O)O. The Morgan fingerprint density at radius 1 is 0.800 bits per heavy atom. The molecule has 0 aromatic heterocycles. The molecule has 0 heterocycles. The minimum atomic E-state index is -0.656. The van der Waals surface area contributed by atoms with Gasteiger partial charge in [-0.1, -0.05) is 85.0 Å². The van der Waals surface area contributed by atoms with E-state index in [1.54, 1.807) is 0 Å². The van der Waals surface area contributed by atoms with Crippen LogP contribution < -0.4 is 0 Å². The highest BCUT2D eigenvalue weighted by molar-refractivity contribution is 5.66. The minimum absolute atomic E-state index is 0.342. The minimum Gasteiger partial charge on any atom is -0.481 e. The quantitative estimate of drug-likeness (QED) is 0.394. The Balaban J connectivity index is 3.15. The van der Waals surface area contributed by atoms with Gasteiger partial charge in [-0.05, 0) is 18.3 Å². The number of unbranched alkanes of at least 4 members (excludes halogenated alkanes) is 8. The van der Waals surface area contributed by atoms with Crippen LogP contribution in [-0.4, -0.2) is 11.1 Å². The Morgan fingerprint density at radius 2 is 1.25 bits per heavy atom. The van der Waals surface area contributed by atoms with E-state index >= 15 is 0 Å². The number of aliphatic carboxylic acids is 1. The number of hydrogen-bond donors (Lipinski definition) is 1. The summed E-state index contributed by atoms with van der Waals surface area (Å²) in [7, 11) is 0. The molecule has 0 aromatic carbocycles. The standard InChI is InChI=1S/C18H36O2/c1-4-16(2)17(3)14-12-10-8-6-5-7-9-11-13-15-18(19)20/h16-17H,4-15H2,1-3H3,(H,19,20). The van der Waals surface area contributed by atoms with Gasteiger partial charge in [0.15, 0.2) is 0 Å². The maximum absolute atomic E-state index is 10.3. The predicted molar refractivity (Wildman–Crippen MR) is 87.0 cm³/mol. The van der Waals surface area contributed by atoms with E-state index in [9.17, 15) is 4.79 Å². The van der Waals surface area contributed by atoms with Crippen molar-refractivity contribution in [3.05, 3.63) is 0 Å². The van der Waals surface area contributed by atoms with Gasteiger partial charge in [-0.2, -0.15) is 0 Å². The van der Waals surface area contributed by atoms with E-state index in [0.29, 0.717) is 6.42 Å². The van der Waals surface area contributed by atoms with Crippen molar-refractivity contribution in [1.29, 1.82) is 0 Å². The van der Waals surface area contributed by atoms with Crippen LogP contribution in [0.25, 0.3) is 0 Å². The highest BCUT2D eigenvalue weighted by Gasteiger charge is 2.08. The number of carboxylic acid groups (broad SMARTS) is 1. The molecule has 120 valence electrons. The van der Waals surface area contributed by atoms with Crippen molar-refractivity contribution in [3.8, 4) is 0 Å². The molecule has 1 N–H and O–H groups in total. The molecule has 0 aromatic rings. The highest BCUT2D eigenvalue weighted by Crippen LogP contribution is 2.21. The lowest BCUT2D eigenvalue weighted by atomic mass is 9.89. The van der Waals surface area contributed by atoms with Crippen molar-refractivity contribution in [2.24, 2.45) is 11.8 Å². The largest absolute Gasteiger partial charge is 0.481 e. The van der Waals surface area contributed by atoms with E-state index in [1.165, 1.54) is 57.8 Å². The molecule has 0 fully saturated rings. The summed E-state index contributed by atoms with van der Waals surface area (Å²) in [5.74, 6) is 1.10. The molecule has 0 rings (SSSR count). The normalized spacial score (nSPS) is 14.2. The molecule has 2 atom stereocenters. The maximum Gasteiger partial charge on any atom is 0.303 e. The van der Waals surface area contributed by atoms with Gasteiger partial charge >= 0.3 is 5.97 Å². The van der Waals surface area contributed by atoms with Crippen molar-refractivity contribution < 1.29 is 9.90 Å². The maximum atomic E-state index is 10.3. The van der Waals surface area contributed by atoms with Gasteiger partial charge < -0.3 is 5.11 Å². The molecule has 2 nitrogen and oxygen atoms in total. The van der Waals surface area contributed by atoms with E-state index in [1.807, 2.05) is 0 Å². The van der Waals surface area contributed by atoms with Crippen LogP contribution in [0.1, 0.15) is 97.8 Å². The summed E-state index contributed by atoms with van der Waals surface area (Å²) < 4.78 is 0. The Morgan fingerprint density at radius 3 is 1.70 bits per heavy atom. The average Bonchev–Trinajstić information content (AvgIpc) is 2.43. The van der Waals surface area contributed by atoms with Gasteiger partial charge in [-0.25, -0.2) is 0 Å². The smallest absolute Gasteiger partial charge is 0.303 e. The fourth-order valence-corrected chi connectivity index (χ4v) is 2.67. The lowest BCUT2D eigenvalue weighted by Crippen LogP contribution is -2.06. The van der Waals surface area contributed by atoms with Gasteiger partial charge in [-0.3, -0.25) is 4.79 Å². The zero-order valence-corrected chi connectivity index (χ0v) is 14.0. The molecule has 2 heteroatoms. The van der Waals surface area contributed by atoms with E-state index in [4.69, 9.17) is 5.11 Å². The molecule has 0 saturated carbocycles. The molecule has 0 amide bonds. The van der Waals surface area contributed by atoms with Crippen LogP contribution >= 0.6 is 0 Å². The molecule has 0 aliphatic carbocycles. The zero-order valence-electron chi connectivity index (χ0n) is 14.0. The van der Waals surface area contributed by atoms with E-state index in [-0.39, 0.29) is 0 Å². The van der Waals surface area contributed by atoms with Crippen LogP contribution in [0.3, 0.4) is 0 Å². The van der Waals surface area contributed by atoms with Gasteiger partial charge in [0.05, 0.1) is 0 Å². The third-order valence-corrected chi connectivity index (χ3v) is 4.67. The first-order valence-corrected chi connectivity index (χ1v) is 8.79. The van der Waals surface area contributed by atoms with Crippen LogP contribution in [0.15, 0.2) is 0 Å². The first-order chi connectivity index (χ1) is 9.57. The molecule has 0 spiro atoms. The number of hydrogen-bond acceptors (Lipinski definition) is 1. The third kappa shape index (κ3) is 12.5. The van der Waals surface area contributed by atoms with Gasteiger partial charge in [0.25, 0.3) is 0 Å². The second-order valence-electron chi connectivity index (χ2n) is 6.48. The first-order valence-electron chi connectivity index (χ1n) is 8.79.